The highest BCUT2D eigenvalue weighted by atomic mass is 79.9. The average molecular weight is 297 g/mol. The van der Waals surface area contributed by atoms with Gasteiger partial charge in [-0.05, 0) is 52.9 Å². The van der Waals surface area contributed by atoms with Gasteiger partial charge in [0.25, 0.3) is 0 Å². The van der Waals surface area contributed by atoms with E-state index in [1.807, 2.05) is 25.1 Å². The molecule has 0 spiro atoms. The van der Waals surface area contributed by atoms with Gasteiger partial charge in [0.2, 0.25) is 0 Å². The highest BCUT2D eigenvalue weighted by molar-refractivity contribution is 9.10. The molecule has 1 N–H and O–H groups in total. The van der Waals surface area contributed by atoms with Crippen molar-refractivity contribution in [2.24, 2.45) is 0 Å². The Morgan fingerprint density at radius 2 is 2.24 bits per heavy atom. The van der Waals surface area contributed by atoms with Crippen LogP contribution in [0.15, 0.2) is 34.8 Å². The Morgan fingerprint density at radius 1 is 1.53 bits per heavy atom. The van der Waals surface area contributed by atoms with Crippen molar-refractivity contribution in [2.45, 2.75) is 31.8 Å². The molecule has 0 aliphatic heterocycles. The Kier molecular flexibility index (Phi) is 3.59. The van der Waals surface area contributed by atoms with Crippen LogP contribution in [-0.2, 0) is 6.42 Å². The minimum atomic E-state index is -0.477. The third-order valence-electron chi connectivity index (χ3n) is 2.86. The zero-order chi connectivity index (χ0) is 12.5. The SMILES string of the molecule is C=C(C)COc1cccc(CC2(O)CC2)c1Br. The fourth-order valence-corrected chi connectivity index (χ4v) is 2.20. The van der Waals surface area contributed by atoms with Crippen LogP contribution >= 0.6 is 15.9 Å². The Morgan fingerprint density at radius 3 is 2.82 bits per heavy atom. The minimum Gasteiger partial charge on any atom is -0.488 e. The first kappa shape index (κ1) is 12.7. The predicted molar refractivity (Wildman–Crippen MR) is 72.3 cm³/mol. The lowest BCUT2D eigenvalue weighted by molar-refractivity contribution is 0.150. The molecule has 1 aliphatic carbocycles. The van der Waals surface area contributed by atoms with Gasteiger partial charge in [0, 0.05) is 6.42 Å². The first-order chi connectivity index (χ1) is 8.00. The van der Waals surface area contributed by atoms with E-state index in [-0.39, 0.29) is 0 Å². The average Bonchev–Trinajstić information content (AvgIpc) is 2.98. The second-order valence-corrected chi connectivity index (χ2v) is 5.67. The minimum absolute atomic E-state index is 0.477. The number of hydrogen-bond donors (Lipinski definition) is 1. The molecule has 0 bridgehead atoms. The van der Waals surface area contributed by atoms with E-state index < -0.39 is 5.60 Å². The second kappa shape index (κ2) is 4.83. The van der Waals surface area contributed by atoms with Gasteiger partial charge in [-0.2, -0.15) is 0 Å². The van der Waals surface area contributed by atoms with Crippen molar-refractivity contribution in [1.82, 2.24) is 0 Å². The summed E-state index contributed by atoms with van der Waals surface area (Å²) in [4.78, 5) is 0. The summed E-state index contributed by atoms with van der Waals surface area (Å²) in [6, 6.07) is 5.90. The molecule has 0 saturated heterocycles. The van der Waals surface area contributed by atoms with Crippen LogP contribution in [0.5, 0.6) is 5.75 Å². The van der Waals surface area contributed by atoms with E-state index in [4.69, 9.17) is 4.74 Å². The molecule has 0 unspecified atom stereocenters. The Bertz CT molecular complexity index is 436. The molecule has 1 fully saturated rings. The molecule has 1 saturated carbocycles. The molecule has 0 aromatic heterocycles. The quantitative estimate of drug-likeness (QED) is 0.843. The lowest BCUT2D eigenvalue weighted by atomic mass is 10.1. The zero-order valence-corrected chi connectivity index (χ0v) is 11.6. The van der Waals surface area contributed by atoms with E-state index in [2.05, 4.69) is 22.5 Å². The van der Waals surface area contributed by atoms with Gasteiger partial charge in [0.15, 0.2) is 0 Å². The largest absolute Gasteiger partial charge is 0.488 e. The number of hydrogen-bond acceptors (Lipinski definition) is 2. The van der Waals surface area contributed by atoms with E-state index in [1.165, 1.54) is 0 Å². The molecule has 0 radical (unpaired) electrons. The van der Waals surface area contributed by atoms with E-state index >= 15 is 0 Å². The van der Waals surface area contributed by atoms with Crippen LogP contribution in [0, 0.1) is 0 Å². The lowest BCUT2D eigenvalue weighted by Gasteiger charge is -2.13. The zero-order valence-electron chi connectivity index (χ0n) is 10.0. The van der Waals surface area contributed by atoms with Crippen molar-refractivity contribution in [3.05, 3.63) is 40.4 Å². The number of benzene rings is 1. The summed E-state index contributed by atoms with van der Waals surface area (Å²) in [6.45, 7) is 6.27. The monoisotopic (exact) mass is 296 g/mol. The van der Waals surface area contributed by atoms with Crippen LogP contribution in [0.1, 0.15) is 25.3 Å². The van der Waals surface area contributed by atoms with Gasteiger partial charge in [0.05, 0.1) is 10.1 Å². The van der Waals surface area contributed by atoms with Gasteiger partial charge in [-0.3, -0.25) is 0 Å². The third kappa shape index (κ3) is 3.33. The molecule has 1 aliphatic rings. The highest BCUT2D eigenvalue weighted by Gasteiger charge is 2.40. The van der Waals surface area contributed by atoms with Crippen LogP contribution in [-0.4, -0.2) is 17.3 Å². The summed E-state index contributed by atoms with van der Waals surface area (Å²) in [5.41, 5.74) is 1.61. The normalized spacial score (nSPS) is 16.6. The summed E-state index contributed by atoms with van der Waals surface area (Å²) >= 11 is 3.55. The first-order valence-corrected chi connectivity index (χ1v) is 6.56. The maximum Gasteiger partial charge on any atom is 0.134 e. The van der Waals surface area contributed by atoms with E-state index in [0.717, 1.165) is 34.2 Å². The number of ether oxygens (including phenoxy) is 1. The standard InChI is InChI=1S/C14H17BrO2/c1-10(2)9-17-12-5-3-4-11(13(12)15)8-14(16)6-7-14/h3-5,16H,1,6-9H2,2H3. The molecule has 2 nitrogen and oxygen atoms in total. The third-order valence-corrected chi connectivity index (χ3v) is 3.76. The molecule has 92 valence electrons. The Hall–Kier alpha value is -0.800. The number of rotatable bonds is 5. The van der Waals surface area contributed by atoms with Gasteiger partial charge in [-0.15, -0.1) is 0 Å². The van der Waals surface area contributed by atoms with Crippen LogP contribution in [0.25, 0.3) is 0 Å². The summed E-state index contributed by atoms with van der Waals surface area (Å²) < 4.78 is 6.59. The van der Waals surface area contributed by atoms with E-state index in [1.54, 1.807) is 0 Å². The fourth-order valence-electron chi connectivity index (χ4n) is 1.68. The highest BCUT2D eigenvalue weighted by Crippen LogP contribution is 2.41. The fraction of sp³-hybridized carbons (Fsp3) is 0.429. The van der Waals surface area contributed by atoms with Crippen molar-refractivity contribution < 1.29 is 9.84 Å². The van der Waals surface area contributed by atoms with Crippen LogP contribution in [0.4, 0.5) is 0 Å². The van der Waals surface area contributed by atoms with Crippen LogP contribution < -0.4 is 4.74 Å². The number of halogens is 1. The molecule has 0 atom stereocenters. The maximum atomic E-state index is 9.94. The molecule has 17 heavy (non-hydrogen) atoms. The molecule has 3 heteroatoms. The predicted octanol–water partition coefficient (Wildman–Crippen LogP) is 3.47. The van der Waals surface area contributed by atoms with Crippen molar-refractivity contribution in [2.75, 3.05) is 6.61 Å². The summed E-state index contributed by atoms with van der Waals surface area (Å²) in [5.74, 6) is 0.815. The molecule has 2 rings (SSSR count). The first-order valence-electron chi connectivity index (χ1n) is 5.77. The molecule has 1 aromatic rings. The topological polar surface area (TPSA) is 29.5 Å². The van der Waals surface area contributed by atoms with Crippen LogP contribution in [0.2, 0.25) is 0 Å². The van der Waals surface area contributed by atoms with Crippen LogP contribution in [0.3, 0.4) is 0 Å². The maximum absolute atomic E-state index is 9.94. The summed E-state index contributed by atoms with van der Waals surface area (Å²) in [6.07, 6.45) is 2.49. The smallest absolute Gasteiger partial charge is 0.134 e. The van der Waals surface area contributed by atoms with Crippen molar-refractivity contribution in [3.8, 4) is 5.75 Å². The lowest BCUT2D eigenvalue weighted by Crippen LogP contribution is -2.11. The van der Waals surface area contributed by atoms with Gasteiger partial charge in [0.1, 0.15) is 12.4 Å². The van der Waals surface area contributed by atoms with Crippen molar-refractivity contribution in [1.29, 1.82) is 0 Å². The van der Waals surface area contributed by atoms with Gasteiger partial charge in [-0.1, -0.05) is 18.7 Å². The second-order valence-electron chi connectivity index (χ2n) is 4.88. The molecular formula is C14H17BrO2. The summed E-state index contributed by atoms with van der Waals surface area (Å²) in [7, 11) is 0. The Balaban J connectivity index is 2.11. The van der Waals surface area contributed by atoms with Crippen molar-refractivity contribution in [3.63, 3.8) is 0 Å². The van der Waals surface area contributed by atoms with Gasteiger partial charge in [-0.25, -0.2) is 0 Å². The molecule has 1 aromatic carbocycles. The van der Waals surface area contributed by atoms with E-state index in [9.17, 15) is 5.11 Å². The summed E-state index contributed by atoms with van der Waals surface area (Å²) in [5, 5.41) is 9.94. The van der Waals surface area contributed by atoms with Gasteiger partial charge < -0.3 is 9.84 Å². The van der Waals surface area contributed by atoms with E-state index in [0.29, 0.717) is 13.0 Å². The molecule has 0 heterocycles. The number of aliphatic hydroxyl groups is 1. The molecular weight excluding hydrogens is 280 g/mol. The Labute approximate surface area is 110 Å². The molecule has 0 amide bonds. The van der Waals surface area contributed by atoms with Gasteiger partial charge >= 0.3 is 0 Å². The van der Waals surface area contributed by atoms with Crippen molar-refractivity contribution >= 4 is 15.9 Å².